The van der Waals surface area contributed by atoms with Crippen molar-refractivity contribution >= 4 is 12.1 Å². The lowest BCUT2D eigenvalue weighted by molar-refractivity contribution is -0.231. The van der Waals surface area contributed by atoms with Crippen LogP contribution in [0.15, 0.2) is 0 Å². The number of carbonyl (C=O) groups excluding carboxylic acids is 2. The fraction of sp³-hybridized carbons (Fsp3) is 0.600. The molecule has 0 aromatic carbocycles. The summed E-state index contributed by atoms with van der Waals surface area (Å²) in [7, 11) is 3.34. The van der Waals surface area contributed by atoms with E-state index in [1.165, 1.54) is 0 Å². The molecular weight excluding hydrogens is 152 g/mol. The number of carbonyl (C=O) groups is 2. The van der Waals surface area contributed by atoms with Gasteiger partial charge in [0, 0.05) is 0 Å². The molecule has 1 amide bonds. The molecule has 0 aliphatic heterocycles. The molecule has 0 aliphatic rings. The Morgan fingerprint density at radius 2 is 1.91 bits per heavy atom. The molecule has 64 valence electrons. The van der Waals surface area contributed by atoms with Crippen LogP contribution in [-0.4, -0.2) is 37.6 Å². The van der Waals surface area contributed by atoms with E-state index in [-0.39, 0.29) is 6.54 Å². The highest BCUT2D eigenvalue weighted by atomic mass is 17.2. The Balaban J connectivity index is 3.45. The largest absolute Gasteiger partial charge is 0.447 e. The van der Waals surface area contributed by atoms with Gasteiger partial charge >= 0.3 is 12.1 Å². The average Bonchev–Trinajstić information content (AvgIpc) is 1.82. The number of rotatable bonds is 2. The van der Waals surface area contributed by atoms with Crippen LogP contribution in [-0.2, 0) is 14.6 Å². The first-order valence-electron chi connectivity index (χ1n) is 2.84. The fourth-order valence-electron chi connectivity index (χ4n) is 0.372. The zero-order chi connectivity index (χ0) is 8.85. The number of primary amides is 1. The van der Waals surface area contributed by atoms with Crippen molar-refractivity contribution in [1.29, 1.82) is 0 Å². The van der Waals surface area contributed by atoms with E-state index in [9.17, 15) is 9.59 Å². The molecule has 0 aromatic rings. The smallest absolute Gasteiger partial charge is 0.332 e. The van der Waals surface area contributed by atoms with Crippen LogP contribution in [0.5, 0.6) is 0 Å². The molecule has 0 aromatic heterocycles. The third kappa shape index (κ3) is 6.59. The Morgan fingerprint density at radius 3 is 2.27 bits per heavy atom. The summed E-state index contributed by atoms with van der Waals surface area (Å²) in [4.78, 5) is 29.7. The van der Waals surface area contributed by atoms with Gasteiger partial charge in [-0.3, -0.25) is 4.90 Å². The number of nitrogens with zero attached hydrogens (tertiary/aromatic N) is 1. The lowest BCUT2D eigenvalue weighted by Crippen LogP contribution is -2.25. The summed E-state index contributed by atoms with van der Waals surface area (Å²) >= 11 is 0. The summed E-state index contributed by atoms with van der Waals surface area (Å²) in [6.07, 6.45) is -1.14. The molecule has 0 heterocycles. The molecule has 2 N–H and O–H groups in total. The minimum atomic E-state index is -1.14. The summed E-state index contributed by atoms with van der Waals surface area (Å²) in [5.74, 6) is -0.672. The van der Waals surface area contributed by atoms with Gasteiger partial charge in [0.25, 0.3) is 0 Å². The van der Waals surface area contributed by atoms with Crippen molar-refractivity contribution in [2.75, 3.05) is 20.6 Å². The van der Waals surface area contributed by atoms with E-state index in [1.54, 1.807) is 19.0 Å². The van der Waals surface area contributed by atoms with Crippen molar-refractivity contribution in [3.05, 3.63) is 0 Å². The van der Waals surface area contributed by atoms with Gasteiger partial charge in [0.05, 0.1) is 0 Å². The van der Waals surface area contributed by atoms with Gasteiger partial charge in [-0.05, 0) is 14.1 Å². The SMILES string of the molecule is CN(C)CC(=O)OOC(N)=O. The van der Waals surface area contributed by atoms with E-state index in [0.29, 0.717) is 0 Å². The molecule has 11 heavy (non-hydrogen) atoms. The van der Waals surface area contributed by atoms with Crippen LogP contribution >= 0.6 is 0 Å². The molecule has 0 saturated carbocycles. The number of hydrogen-bond acceptors (Lipinski definition) is 5. The van der Waals surface area contributed by atoms with Crippen molar-refractivity contribution in [2.45, 2.75) is 0 Å². The predicted octanol–water partition coefficient (Wildman–Crippen LogP) is -0.898. The van der Waals surface area contributed by atoms with Gasteiger partial charge in [-0.25, -0.2) is 19.4 Å². The monoisotopic (exact) mass is 162 g/mol. The molecule has 0 bridgehead atoms. The topological polar surface area (TPSA) is 81.9 Å². The minimum Gasteiger partial charge on any atom is -0.332 e. The highest BCUT2D eigenvalue weighted by Crippen LogP contribution is 1.83. The standard InChI is InChI=1S/C5H10N2O4/c1-7(2)3-4(8)10-11-5(6)9/h3H2,1-2H3,(H2,6,9). The fourth-order valence-corrected chi connectivity index (χ4v) is 0.372. The maximum Gasteiger partial charge on any atom is 0.447 e. The minimum absolute atomic E-state index is 0.0350. The molecule has 6 heteroatoms. The van der Waals surface area contributed by atoms with Crippen LogP contribution in [0.3, 0.4) is 0 Å². The normalized spacial score (nSPS) is 9.36. The van der Waals surface area contributed by atoms with Crippen molar-refractivity contribution in [2.24, 2.45) is 5.73 Å². The highest BCUT2D eigenvalue weighted by molar-refractivity contribution is 5.72. The van der Waals surface area contributed by atoms with Crippen LogP contribution in [0.25, 0.3) is 0 Å². The molecule has 0 atom stereocenters. The lowest BCUT2D eigenvalue weighted by atomic mass is 10.6. The van der Waals surface area contributed by atoms with Crippen molar-refractivity contribution in [3.63, 3.8) is 0 Å². The van der Waals surface area contributed by atoms with Crippen LogP contribution in [0, 0.1) is 0 Å². The molecule has 0 aliphatic carbocycles. The second-order valence-electron chi connectivity index (χ2n) is 2.10. The molecule has 6 nitrogen and oxygen atoms in total. The van der Waals surface area contributed by atoms with E-state index in [0.717, 1.165) is 0 Å². The number of hydrogen-bond donors (Lipinski definition) is 1. The van der Waals surface area contributed by atoms with Gasteiger partial charge in [-0.15, -0.1) is 0 Å². The first-order chi connectivity index (χ1) is 5.02. The van der Waals surface area contributed by atoms with E-state index >= 15 is 0 Å². The quantitative estimate of drug-likeness (QED) is 0.420. The molecule has 0 radical (unpaired) electrons. The maximum atomic E-state index is 10.6. The number of amides is 1. The van der Waals surface area contributed by atoms with E-state index in [4.69, 9.17) is 0 Å². The van der Waals surface area contributed by atoms with Crippen LogP contribution in [0.1, 0.15) is 0 Å². The number of likely N-dealkylation sites (N-methyl/N-ethyl adjacent to an activating group) is 1. The third-order valence-electron chi connectivity index (χ3n) is 0.662. The van der Waals surface area contributed by atoms with E-state index in [1.807, 2.05) is 0 Å². The first kappa shape index (κ1) is 9.70. The second-order valence-corrected chi connectivity index (χ2v) is 2.10. The third-order valence-corrected chi connectivity index (χ3v) is 0.662. The van der Waals surface area contributed by atoms with Gasteiger partial charge in [-0.1, -0.05) is 0 Å². The van der Waals surface area contributed by atoms with Crippen LogP contribution < -0.4 is 5.73 Å². The Hall–Kier alpha value is -1.30. The predicted molar refractivity (Wildman–Crippen MR) is 35.3 cm³/mol. The van der Waals surface area contributed by atoms with Gasteiger partial charge in [0.15, 0.2) is 0 Å². The second kappa shape index (κ2) is 4.51. The van der Waals surface area contributed by atoms with Gasteiger partial charge in [0.1, 0.15) is 6.54 Å². The molecule has 0 fully saturated rings. The molecular formula is C5H10N2O4. The van der Waals surface area contributed by atoms with Gasteiger partial charge in [0.2, 0.25) is 0 Å². The zero-order valence-electron chi connectivity index (χ0n) is 6.36. The van der Waals surface area contributed by atoms with Gasteiger partial charge < -0.3 is 5.73 Å². The first-order valence-corrected chi connectivity index (χ1v) is 2.84. The molecule has 0 saturated heterocycles. The molecule has 0 rings (SSSR count). The molecule has 0 unspecified atom stereocenters. The Morgan fingerprint density at radius 1 is 1.36 bits per heavy atom. The van der Waals surface area contributed by atoms with E-state index < -0.39 is 12.1 Å². The van der Waals surface area contributed by atoms with Crippen LogP contribution in [0.4, 0.5) is 4.79 Å². The highest BCUT2D eigenvalue weighted by Gasteiger charge is 2.06. The van der Waals surface area contributed by atoms with Crippen molar-refractivity contribution < 1.29 is 19.4 Å². The summed E-state index contributed by atoms with van der Waals surface area (Å²) in [6.45, 7) is 0.0350. The Labute approximate surface area is 63.8 Å². The average molecular weight is 162 g/mol. The zero-order valence-corrected chi connectivity index (χ0v) is 6.36. The van der Waals surface area contributed by atoms with Crippen LogP contribution in [0.2, 0.25) is 0 Å². The molecule has 0 spiro atoms. The lowest BCUT2D eigenvalue weighted by Gasteiger charge is -2.06. The summed E-state index contributed by atoms with van der Waals surface area (Å²) in [5, 5.41) is 0. The Bertz CT molecular complexity index is 157. The van der Waals surface area contributed by atoms with Crippen molar-refractivity contribution in [3.8, 4) is 0 Å². The summed E-state index contributed by atoms with van der Waals surface area (Å²) in [6, 6.07) is 0. The van der Waals surface area contributed by atoms with E-state index in [2.05, 4.69) is 15.5 Å². The number of nitrogens with two attached hydrogens (primary N) is 1. The summed E-state index contributed by atoms with van der Waals surface area (Å²) < 4.78 is 0. The van der Waals surface area contributed by atoms with Gasteiger partial charge in [-0.2, -0.15) is 0 Å². The summed E-state index contributed by atoms with van der Waals surface area (Å²) in [5.41, 5.74) is 4.52. The maximum absolute atomic E-state index is 10.6. The Kier molecular flexibility index (Phi) is 3.97. The van der Waals surface area contributed by atoms with Crippen molar-refractivity contribution in [1.82, 2.24) is 4.90 Å².